The molecule has 0 aliphatic rings. The molecule has 0 aliphatic carbocycles. The maximum absolute atomic E-state index is 6.11. The normalized spacial score (nSPS) is 12.7. The Balaban J connectivity index is 2.52. The van der Waals surface area contributed by atoms with Gasteiger partial charge in [-0.2, -0.15) is 0 Å². The van der Waals surface area contributed by atoms with Gasteiger partial charge in [-0.15, -0.1) is 5.10 Å². The zero-order valence-electron chi connectivity index (χ0n) is 10.4. The summed E-state index contributed by atoms with van der Waals surface area (Å²) in [4.78, 5) is 0. The minimum atomic E-state index is -0.00299. The van der Waals surface area contributed by atoms with E-state index in [1.807, 2.05) is 33.2 Å². The summed E-state index contributed by atoms with van der Waals surface area (Å²) in [7, 11) is 3.77. The van der Waals surface area contributed by atoms with Crippen LogP contribution in [-0.2, 0) is 7.05 Å². The molecular formula is C12H14BrClN4. The van der Waals surface area contributed by atoms with Crippen LogP contribution >= 0.6 is 27.5 Å². The largest absolute Gasteiger partial charge is 0.308 e. The Kier molecular flexibility index (Phi) is 4.04. The lowest BCUT2D eigenvalue weighted by atomic mass is 10.0. The number of hydrogen-bond acceptors (Lipinski definition) is 3. The Morgan fingerprint density at radius 2 is 2.11 bits per heavy atom. The third-order valence-corrected chi connectivity index (χ3v) is 3.57. The van der Waals surface area contributed by atoms with Crippen LogP contribution in [0, 0.1) is 6.92 Å². The third-order valence-electron chi connectivity index (χ3n) is 2.79. The number of halogens is 2. The van der Waals surface area contributed by atoms with E-state index < -0.39 is 0 Å². The zero-order chi connectivity index (χ0) is 13.3. The van der Waals surface area contributed by atoms with Crippen LogP contribution in [0.3, 0.4) is 0 Å². The van der Waals surface area contributed by atoms with Gasteiger partial charge in [-0.25, -0.2) is 4.68 Å². The molecule has 0 saturated carbocycles. The van der Waals surface area contributed by atoms with Crippen LogP contribution in [0.4, 0.5) is 0 Å². The van der Waals surface area contributed by atoms with Crippen LogP contribution in [0.2, 0.25) is 5.02 Å². The van der Waals surface area contributed by atoms with Gasteiger partial charge in [-0.3, -0.25) is 0 Å². The predicted molar refractivity (Wildman–Crippen MR) is 75.8 cm³/mol. The maximum atomic E-state index is 6.11. The highest BCUT2D eigenvalue weighted by Crippen LogP contribution is 2.28. The second kappa shape index (κ2) is 5.38. The van der Waals surface area contributed by atoms with Crippen molar-refractivity contribution in [2.75, 3.05) is 7.05 Å². The molecule has 0 amide bonds. The summed E-state index contributed by atoms with van der Waals surface area (Å²) >= 11 is 9.54. The van der Waals surface area contributed by atoms with Crippen molar-refractivity contribution >= 4 is 27.5 Å². The second-order valence-electron chi connectivity index (χ2n) is 4.17. The molecule has 0 fully saturated rings. The molecular weight excluding hydrogens is 316 g/mol. The third kappa shape index (κ3) is 2.58. The predicted octanol–water partition coefficient (Wildman–Crippen LogP) is 2.85. The van der Waals surface area contributed by atoms with E-state index in [-0.39, 0.29) is 6.04 Å². The van der Waals surface area contributed by atoms with Gasteiger partial charge in [0.15, 0.2) is 4.60 Å². The summed E-state index contributed by atoms with van der Waals surface area (Å²) in [5.74, 6) is 0. The molecule has 0 spiro atoms. The van der Waals surface area contributed by atoms with Crippen molar-refractivity contribution in [3.05, 3.63) is 44.6 Å². The fraction of sp³-hybridized carbons (Fsp3) is 0.333. The number of nitrogens with zero attached hydrogens (tertiary/aromatic N) is 3. The number of aromatic nitrogens is 3. The lowest BCUT2D eigenvalue weighted by molar-refractivity contribution is 0.597. The Morgan fingerprint density at radius 1 is 1.39 bits per heavy atom. The van der Waals surface area contributed by atoms with Crippen LogP contribution in [0.1, 0.15) is 22.9 Å². The molecule has 1 unspecified atom stereocenters. The Morgan fingerprint density at radius 3 is 2.61 bits per heavy atom. The summed E-state index contributed by atoms with van der Waals surface area (Å²) in [6.45, 7) is 2.03. The molecule has 0 radical (unpaired) electrons. The van der Waals surface area contributed by atoms with Crippen LogP contribution in [-0.4, -0.2) is 22.0 Å². The van der Waals surface area contributed by atoms with Crippen molar-refractivity contribution in [3.8, 4) is 0 Å². The van der Waals surface area contributed by atoms with E-state index in [1.54, 1.807) is 4.68 Å². The summed E-state index contributed by atoms with van der Waals surface area (Å²) in [6.07, 6.45) is 0. The quantitative estimate of drug-likeness (QED) is 0.941. The van der Waals surface area contributed by atoms with Crippen molar-refractivity contribution < 1.29 is 0 Å². The van der Waals surface area contributed by atoms with Gasteiger partial charge in [-0.05, 0) is 53.2 Å². The summed E-state index contributed by atoms with van der Waals surface area (Å²) in [5.41, 5.74) is 3.19. The van der Waals surface area contributed by atoms with Crippen molar-refractivity contribution in [1.82, 2.24) is 20.3 Å². The molecule has 96 valence electrons. The standard InChI is InChI=1S/C12H14BrClN4/c1-7-4-8(6-9(14)5-7)10(15-2)11-12(13)16-17-18(11)3/h4-6,10,15H,1-3H3. The van der Waals surface area contributed by atoms with E-state index in [9.17, 15) is 0 Å². The maximum Gasteiger partial charge on any atom is 0.153 e. The first-order valence-electron chi connectivity index (χ1n) is 5.52. The van der Waals surface area contributed by atoms with E-state index >= 15 is 0 Å². The summed E-state index contributed by atoms with van der Waals surface area (Å²) in [5, 5.41) is 12.0. The van der Waals surface area contributed by atoms with Gasteiger partial charge in [0.25, 0.3) is 0 Å². The highest BCUT2D eigenvalue weighted by molar-refractivity contribution is 9.10. The second-order valence-corrected chi connectivity index (χ2v) is 5.36. The van der Waals surface area contributed by atoms with Gasteiger partial charge < -0.3 is 5.32 Å². The van der Waals surface area contributed by atoms with Crippen molar-refractivity contribution in [2.45, 2.75) is 13.0 Å². The van der Waals surface area contributed by atoms with Gasteiger partial charge in [0, 0.05) is 12.1 Å². The molecule has 1 heterocycles. The first-order valence-corrected chi connectivity index (χ1v) is 6.69. The van der Waals surface area contributed by atoms with Gasteiger partial charge in [-0.1, -0.05) is 22.9 Å². The fourth-order valence-electron chi connectivity index (χ4n) is 2.04. The first-order chi connectivity index (χ1) is 8.52. The van der Waals surface area contributed by atoms with Crippen LogP contribution in [0.5, 0.6) is 0 Å². The number of aryl methyl sites for hydroxylation is 2. The molecule has 2 rings (SSSR count). The van der Waals surface area contributed by atoms with Gasteiger partial charge in [0.05, 0.1) is 11.7 Å². The molecule has 18 heavy (non-hydrogen) atoms. The highest BCUT2D eigenvalue weighted by Gasteiger charge is 2.20. The fourth-order valence-corrected chi connectivity index (χ4v) is 2.89. The van der Waals surface area contributed by atoms with E-state index in [0.717, 1.165) is 26.4 Å². The Labute approximate surface area is 119 Å². The van der Waals surface area contributed by atoms with Crippen LogP contribution < -0.4 is 5.32 Å². The van der Waals surface area contributed by atoms with Crippen LogP contribution in [0.15, 0.2) is 22.8 Å². The average molecular weight is 330 g/mol. The molecule has 4 nitrogen and oxygen atoms in total. The molecule has 6 heteroatoms. The average Bonchev–Trinajstić information content (AvgIpc) is 2.61. The van der Waals surface area contributed by atoms with E-state index in [2.05, 4.69) is 37.6 Å². The zero-order valence-corrected chi connectivity index (χ0v) is 12.7. The molecule has 0 bridgehead atoms. The number of nitrogens with one attached hydrogen (secondary N) is 1. The summed E-state index contributed by atoms with van der Waals surface area (Å²) < 4.78 is 2.49. The molecule has 1 aromatic heterocycles. The monoisotopic (exact) mass is 328 g/mol. The number of rotatable bonds is 3. The molecule has 0 aliphatic heterocycles. The Hall–Kier alpha value is -0.910. The number of benzene rings is 1. The van der Waals surface area contributed by atoms with Gasteiger partial charge in [0.1, 0.15) is 0 Å². The SMILES string of the molecule is CNC(c1cc(C)cc(Cl)c1)c1c(Br)nnn1C. The highest BCUT2D eigenvalue weighted by atomic mass is 79.9. The minimum Gasteiger partial charge on any atom is -0.308 e. The topological polar surface area (TPSA) is 42.7 Å². The Bertz CT molecular complexity index is 527. The first kappa shape index (κ1) is 13.5. The van der Waals surface area contributed by atoms with E-state index in [1.165, 1.54) is 0 Å². The smallest absolute Gasteiger partial charge is 0.153 e. The van der Waals surface area contributed by atoms with E-state index in [0.29, 0.717) is 0 Å². The minimum absolute atomic E-state index is 0.00299. The van der Waals surface area contributed by atoms with Gasteiger partial charge in [0.2, 0.25) is 0 Å². The number of hydrogen-bond donors (Lipinski definition) is 1. The molecule has 0 saturated heterocycles. The lowest BCUT2D eigenvalue weighted by Crippen LogP contribution is -2.21. The van der Waals surface area contributed by atoms with Crippen molar-refractivity contribution in [3.63, 3.8) is 0 Å². The molecule has 1 aromatic carbocycles. The summed E-state index contributed by atoms with van der Waals surface area (Å²) in [6, 6.07) is 5.99. The lowest BCUT2D eigenvalue weighted by Gasteiger charge is -2.18. The van der Waals surface area contributed by atoms with Crippen molar-refractivity contribution in [1.29, 1.82) is 0 Å². The van der Waals surface area contributed by atoms with Crippen LogP contribution in [0.25, 0.3) is 0 Å². The van der Waals surface area contributed by atoms with Crippen molar-refractivity contribution in [2.24, 2.45) is 7.05 Å². The molecule has 1 atom stereocenters. The van der Waals surface area contributed by atoms with E-state index in [4.69, 9.17) is 11.6 Å². The van der Waals surface area contributed by atoms with Gasteiger partial charge >= 0.3 is 0 Å². The molecule has 2 aromatic rings. The molecule has 1 N–H and O–H groups in total.